The number of hydrogen-bond donors (Lipinski definition) is 1. The predicted octanol–water partition coefficient (Wildman–Crippen LogP) is 3.69. The highest BCUT2D eigenvalue weighted by molar-refractivity contribution is 9.10. The number of aromatic nitrogens is 1. The lowest BCUT2D eigenvalue weighted by atomic mass is 9.91. The van der Waals surface area contributed by atoms with Crippen molar-refractivity contribution in [1.82, 2.24) is 4.98 Å². The molecule has 0 aliphatic carbocycles. The molecule has 2 aromatic heterocycles. The summed E-state index contributed by atoms with van der Waals surface area (Å²) in [4.78, 5) is 15.4. The fraction of sp³-hybridized carbons (Fsp3) is 0.333. The Hall–Kier alpha value is -1.56. The molecule has 0 radical (unpaired) electrons. The molecule has 0 amide bonds. The molecule has 0 unspecified atom stereocenters. The van der Waals surface area contributed by atoms with Gasteiger partial charge in [-0.1, -0.05) is 20.8 Å². The van der Waals surface area contributed by atoms with Crippen molar-refractivity contribution in [3.05, 3.63) is 28.5 Å². The lowest BCUT2D eigenvalue weighted by molar-refractivity contribution is 0.0659. The van der Waals surface area contributed by atoms with Crippen molar-refractivity contribution in [2.24, 2.45) is 0 Å². The number of nitrogens with zero attached hydrogens (tertiary/aromatic N) is 1. The number of oxazole rings is 1. The number of furan rings is 1. The van der Waals surface area contributed by atoms with Gasteiger partial charge in [0.1, 0.15) is 5.69 Å². The van der Waals surface area contributed by atoms with Crippen LogP contribution in [0, 0.1) is 0 Å². The van der Waals surface area contributed by atoms with Crippen LogP contribution in [0.5, 0.6) is 0 Å². The molecule has 0 spiro atoms. The normalized spacial score (nSPS) is 11.8. The van der Waals surface area contributed by atoms with Crippen molar-refractivity contribution >= 4 is 21.9 Å². The van der Waals surface area contributed by atoms with E-state index in [1.807, 2.05) is 20.8 Å². The van der Waals surface area contributed by atoms with Crippen LogP contribution in [0.2, 0.25) is 0 Å². The van der Waals surface area contributed by atoms with Gasteiger partial charge in [-0.3, -0.25) is 0 Å². The van der Waals surface area contributed by atoms with Gasteiger partial charge in [0, 0.05) is 5.41 Å². The molecule has 1 N–H and O–H groups in total. The Kier molecular flexibility index (Phi) is 3.06. The number of rotatable bonds is 2. The molecule has 6 heteroatoms. The van der Waals surface area contributed by atoms with Gasteiger partial charge >= 0.3 is 5.97 Å². The molecular weight excluding hydrogens is 302 g/mol. The lowest BCUT2D eigenvalue weighted by Gasteiger charge is -2.14. The smallest absolute Gasteiger partial charge is 0.373 e. The molecule has 5 nitrogen and oxygen atoms in total. The van der Waals surface area contributed by atoms with Crippen LogP contribution in [-0.2, 0) is 5.41 Å². The van der Waals surface area contributed by atoms with Gasteiger partial charge in [-0.25, -0.2) is 9.78 Å². The van der Waals surface area contributed by atoms with Crippen LogP contribution in [0.1, 0.15) is 37.0 Å². The van der Waals surface area contributed by atoms with Crippen molar-refractivity contribution in [3.8, 4) is 11.5 Å². The minimum absolute atomic E-state index is 0.134. The first-order valence-electron chi connectivity index (χ1n) is 5.28. The third-order valence-electron chi connectivity index (χ3n) is 2.38. The van der Waals surface area contributed by atoms with Crippen molar-refractivity contribution < 1.29 is 18.7 Å². The fourth-order valence-corrected chi connectivity index (χ4v) is 1.94. The summed E-state index contributed by atoms with van der Waals surface area (Å²) in [6, 6.07) is 1.66. The second-order valence-electron chi connectivity index (χ2n) is 4.86. The molecule has 0 bridgehead atoms. The first-order chi connectivity index (χ1) is 8.30. The van der Waals surface area contributed by atoms with E-state index < -0.39 is 11.4 Å². The summed E-state index contributed by atoms with van der Waals surface area (Å²) in [5, 5.41) is 9.14. The van der Waals surface area contributed by atoms with E-state index in [4.69, 9.17) is 13.9 Å². The van der Waals surface area contributed by atoms with Crippen molar-refractivity contribution in [3.63, 3.8) is 0 Å². The van der Waals surface area contributed by atoms with Gasteiger partial charge in [-0.15, -0.1) is 0 Å². The summed E-state index contributed by atoms with van der Waals surface area (Å²) in [7, 11) is 0. The molecule has 0 saturated heterocycles. The van der Waals surface area contributed by atoms with E-state index in [0.29, 0.717) is 15.9 Å². The zero-order chi connectivity index (χ0) is 13.5. The molecule has 96 valence electrons. The van der Waals surface area contributed by atoms with Crippen LogP contribution in [0.4, 0.5) is 0 Å². The Balaban J connectivity index is 2.60. The Labute approximate surface area is 112 Å². The highest BCUT2D eigenvalue weighted by Crippen LogP contribution is 2.33. The maximum atomic E-state index is 11.2. The Bertz CT molecular complexity index is 591. The number of halogens is 1. The molecule has 2 aromatic rings. The van der Waals surface area contributed by atoms with Gasteiger partial charge in [-0.2, -0.15) is 0 Å². The lowest BCUT2D eigenvalue weighted by Crippen LogP contribution is -2.16. The quantitative estimate of drug-likeness (QED) is 0.914. The third-order valence-corrected chi connectivity index (χ3v) is 2.99. The van der Waals surface area contributed by atoms with Crippen LogP contribution in [-0.4, -0.2) is 16.1 Å². The molecule has 0 atom stereocenters. The van der Waals surface area contributed by atoms with E-state index >= 15 is 0 Å². The zero-order valence-electron chi connectivity index (χ0n) is 10.2. The first-order valence-corrected chi connectivity index (χ1v) is 6.08. The minimum atomic E-state index is -1.13. The number of carboxylic acid groups (broad SMARTS) is 1. The highest BCUT2D eigenvalue weighted by atomic mass is 79.9. The van der Waals surface area contributed by atoms with E-state index in [2.05, 4.69) is 20.9 Å². The van der Waals surface area contributed by atoms with Gasteiger partial charge in [0.05, 0.1) is 11.8 Å². The standard InChI is InChI=1S/C12H12BrNO4/c1-12(2,3)8-7(11(15)16)18-10(14-8)6-4-5-17-9(6)13/h4-5H,1-3H3,(H,15,16). The summed E-state index contributed by atoms with van der Waals surface area (Å²) in [6.45, 7) is 5.64. The van der Waals surface area contributed by atoms with E-state index in [1.165, 1.54) is 6.26 Å². The molecule has 0 saturated carbocycles. The SMILES string of the molecule is CC(C)(C)c1nc(-c2ccoc2Br)oc1C(=O)O. The highest BCUT2D eigenvalue weighted by Gasteiger charge is 2.29. The molecule has 0 aromatic carbocycles. The van der Waals surface area contributed by atoms with Gasteiger partial charge in [-0.05, 0) is 22.0 Å². The number of carbonyl (C=O) groups is 1. The monoisotopic (exact) mass is 313 g/mol. The van der Waals surface area contributed by atoms with Gasteiger partial charge in [0.15, 0.2) is 4.67 Å². The van der Waals surface area contributed by atoms with Gasteiger partial charge < -0.3 is 13.9 Å². The van der Waals surface area contributed by atoms with Crippen LogP contribution < -0.4 is 0 Å². The molecule has 18 heavy (non-hydrogen) atoms. The van der Waals surface area contributed by atoms with Gasteiger partial charge in [0.2, 0.25) is 11.7 Å². The van der Waals surface area contributed by atoms with E-state index in [9.17, 15) is 4.79 Å². The Morgan fingerprint density at radius 3 is 2.50 bits per heavy atom. The summed E-state index contributed by atoms with van der Waals surface area (Å²) >= 11 is 3.21. The van der Waals surface area contributed by atoms with Crippen LogP contribution in [0.25, 0.3) is 11.5 Å². The first kappa shape index (κ1) is 12.9. The van der Waals surface area contributed by atoms with Crippen LogP contribution in [0.15, 0.2) is 25.8 Å². The third kappa shape index (κ3) is 2.20. The second-order valence-corrected chi connectivity index (χ2v) is 5.58. The number of hydrogen-bond acceptors (Lipinski definition) is 4. The van der Waals surface area contributed by atoms with E-state index in [0.717, 1.165) is 0 Å². The molecule has 2 rings (SSSR count). The molecule has 0 aliphatic heterocycles. The Morgan fingerprint density at radius 2 is 2.11 bits per heavy atom. The number of carboxylic acids is 1. The summed E-state index contributed by atoms with van der Waals surface area (Å²) in [5.74, 6) is -1.03. The summed E-state index contributed by atoms with van der Waals surface area (Å²) < 4.78 is 10.9. The van der Waals surface area contributed by atoms with E-state index in [-0.39, 0.29) is 11.7 Å². The topological polar surface area (TPSA) is 76.5 Å². The van der Waals surface area contributed by atoms with Crippen molar-refractivity contribution in [1.29, 1.82) is 0 Å². The predicted molar refractivity (Wildman–Crippen MR) is 67.6 cm³/mol. The average molecular weight is 314 g/mol. The molecule has 0 aliphatic rings. The molecule has 2 heterocycles. The number of aromatic carboxylic acids is 1. The molecular formula is C12H12BrNO4. The van der Waals surface area contributed by atoms with Crippen molar-refractivity contribution in [2.45, 2.75) is 26.2 Å². The largest absolute Gasteiger partial charge is 0.475 e. The maximum absolute atomic E-state index is 11.2. The average Bonchev–Trinajstić information content (AvgIpc) is 2.81. The Morgan fingerprint density at radius 1 is 1.44 bits per heavy atom. The van der Waals surface area contributed by atoms with Crippen LogP contribution in [0.3, 0.4) is 0 Å². The second kappa shape index (κ2) is 4.28. The summed E-state index contributed by atoms with van der Waals surface area (Å²) in [6.07, 6.45) is 1.47. The maximum Gasteiger partial charge on any atom is 0.373 e. The summed E-state index contributed by atoms with van der Waals surface area (Å²) in [5.41, 5.74) is 0.595. The minimum Gasteiger partial charge on any atom is -0.475 e. The fourth-order valence-electron chi connectivity index (χ4n) is 1.53. The zero-order valence-corrected chi connectivity index (χ0v) is 11.7. The molecule has 0 fully saturated rings. The van der Waals surface area contributed by atoms with E-state index in [1.54, 1.807) is 6.07 Å². The van der Waals surface area contributed by atoms with Crippen molar-refractivity contribution in [2.75, 3.05) is 0 Å². The van der Waals surface area contributed by atoms with Crippen LogP contribution >= 0.6 is 15.9 Å². The van der Waals surface area contributed by atoms with Gasteiger partial charge in [0.25, 0.3) is 0 Å².